The topological polar surface area (TPSA) is 70.2 Å². The van der Waals surface area contributed by atoms with Gasteiger partial charge in [0.25, 0.3) is 0 Å². The van der Waals surface area contributed by atoms with Crippen LogP contribution in [0.15, 0.2) is 36.4 Å². The average Bonchev–Trinajstić information content (AvgIpc) is 3.92. The van der Waals surface area contributed by atoms with Gasteiger partial charge >= 0.3 is 12.4 Å². The molecule has 0 bridgehead atoms. The summed E-state index contributed by atoms with van der Waals surface area (Å²) in [5.41, 5.74) is 1.18. The Morgan fingerprint density at radius 2 is 1.02 bits per heavy atom. The number of aryl methyl sites for hydroxylation is 3. The predicted molar refractivity (Wildman–Crippen MR) is 200 cm³/mol. The second-order valence-electron chi connectivity index (χ2n) is 13.4. The van der Waals surface area contributed by atoms with Crippen LogP contribution in [0.1, 0.15) is 125 Å². The molecule has 0 aromatic carbocycles. The maximum atomic E-state index is 13.5. The van der Waals surface area contributed by atoms with E-state index in [0.717, 1.165) is 91.7 Å². The number of halogens is 6. The molecule has 0 saturated carbocycles. The third-order valence-electron chi connectivity index (χ3n) is 9.14. The summed E-state index contributed by atoms with van der Waals surface area (Å²) in [5.74, 6) is 0. The number of hydrogen-bond donors (Lipinski definition) is 2. The van der Waals surface area contributed by atoms with Crippen LogP contribution in [0.3, 0.4) is 0 Å². The quantitative estimate of drug-likeness (QED) is 0.0650. The SMILES string of the molecule is CCCCCCc1cc(CCCCCC)c(-c2cc(CCCCCC)c(-c3cc(-c4cc(C(F)(F)F)n[nH]4)nc(-c4cc(C(F)(F)F)n[nH]4)c3)s2)s1. The molecule has 0 aliphatic carbocycles. The molecule has 52 heavy (non-hydrogen) atoms. The highest BCUT2D eigenvalue weighted by molar-refractivity contribution is 7.24. The van der Waals surface area contributed by atoms with E-state index in [9.17, 15) is 26.3 Å². The number of pyridine rings is 1. The maximum Gasteiger partial charge on any atom is 0.435 e. The Balaban J connectivity index is 1.62. The minimum atomic E-state index is -4.68. The molecule has 0 aliphatic rings. The van der Waals surface area contributed by atoms with E-state index in [1.165, 1.54) is 47.4 Å². The number of unbranched alkanes of at least 4 members (excludes halogenated alkanes) is 9. The molecule has 5 heterocycles. The third-order valence-corrected chi connectivity index (χ3v) is 11.8. The van der Waals surface area contributed by atoms with E-state index < -0.39 is 23.7 Å². The van der Waals surface area contributed by atoms with Gasteiger partial charge in [-0.25, -0.2) is 4.98 Å². The Morgan fingerprint density at radius 1 is 0.538 bits per heavy atom. The fraction of sp³-hybridized carbons (Fsp3) is 0.513. The third kappa shape index (κ3) is 10.4. The summed E-state index contributed by atoms with van der Waals surface area (Å²) in [4.78, 5) is 9.21. The molecular weight excluding hydrogens is 717 g/mol. The number of rotatable bonds is 19. The summed E-state index contributed by atoms with van der Waals surface area (Å²) in [6, 6.07) is 9.77. The average molecular weight is 764 g/mol. The molecule has 282 valence electrons. The summed E-state index contributed by atoms with van der Waals surface area (Å²) in [6.07, 6.45) is 7.08. The first-order chi connectivity index (χ1) is 24.9. The number of aromatic nitrogens is 5. The van der Waals surface area contributed by atoms with Crippen LogP contribution in [0.5, 0.6) is 0 Å². The molecule has 5 nitrogen and oxygen atoms in total. The van der Waals surface area contributed by atoms with Gasteiger partial charge in [0.15, 0.2) is 11.4 Å². The lowest BCUT2D eigenvalue weighted by atomic mass is 10.0. The van der Waals surface area contributed by atoms with Crippen molar-refractivity contribution in [2.45, 2.75) is 129 Å². The van der Waals surface area contributed by atoms with Crippen molar-refractivity contribution in [3.8, 4) is 43.0 Å². The first-order valence-electron chi connectivity index (χ1n) is 18.4. The summed E-state index contributed by atoms with van der Waals surface area (Å²) >= 11 is 3.48. The summed E-state index contributed by atoms with van der Waals surface area (Å²) < 4.78 is 81.3. The van der Waals surface area contributed by atoms with Crippen LogP contribution < -0.4 is 0 Å². The Morgan fingerprint density at radius 3 is 1.48 bits per heavy atom. The first-order valence-corrected chi connectivity index (χ1v) is 20.1. The van der Waals surface area contributed by atoms with E-state index in [1.807, 2.05) is 11.3 Å². The first kappa shape index (κ1) is 39.8. The zero-order valence-corrected chi connectivity index (χ0v) is 31.6. The molecule has 13 heteroatoms. The number of nitrogens with zero attached hydrogens (tertiary/aromatic N) is 3. The zero-order chi connectivity index (χ0) is 37.3. The van der Waals surface area contributed by atoms with Crippen molar-refractivity contribution in [3.63, 3.8) is 0 Å². The van der Waals surface area contributed by atoms with Gasteiger partial charge in [-0.05, 0) is 91.6 Å². The van der Waals surface area contributed by atoms with Crippen molar-refractivity contribution < 1.29 is 26.3 Å². The summed E-state index contributed by atoms with van der Waals surface area (Å²) in [5, 5.41) is 11.8. The van der Waals surface area contributed by atoms with Crippen LogP contribution in [0, 0.1) is 0 Å². The van der Waals surface area contributed by atoms with Gasteiger partial charge in [-0.1, -0.05) is 78.6 Å². The van der Waals surface area contributed by atoms with Gasteiger partial charge in [0.1, 0.15) is 0 Å². The van der Waals surface area contributed by atoms with Gasteiger partial charge in [0.05, 0.1) is 22.8 Å². The molecule has 0 fully saturated rings. The number of nitrogens with one attached hydrogen (secondary N) is 2. The van der Waals surface area contributed by atoms with Gasteiger partial charge in [0.2, 0.25) is 0 Å². The lowest BCUT2D eigenvalue weighted by molar-refractivity contribution is -0.142. The predicted octanol–water partition coefficient (Wildman–Crippen LogP) is 13.7. The standard InChI is InChI=1S/C39H47F6N5S2/c1-4-7-10-13-16-25-19-28(18-15-12-9-6-3)51-37(25)33-22-26(17-14-11-8-5-2)36(52-33)27-20-29(31-23-34(49-47-31)38(40,41)42)46-30(21-27)32-24-35(50-48-32)39(43,44)45/h19-24H,4-18H2,1-3H3,(H,47,49)(H,48,50). The highest BCUT2D eigenvalue weighted by Gasteiger charge is 2.35. The van der Waals surface area contributed by atoms with Crippen LogP contribution >= 0.6 is 22.7 Å². The second-order valence-corrected chi connectivity index (χ2v) is 15.6. The van der Waals surface area contributed by atoms with E-state index in [2.05, 4.69) is 58.3 Å². The molecule has 0 radical (unpaired) electrons. The molecule has 2 N–H and O–H groups in total. The Kier molecular flexibility index (Phi) is 13.8. The summed E-state index contributed by atoms with van der Waals surface area (Å²) in [6.45, 7) is 6.58. The van der Waals surface area contributed by atoms with E-state index in [-0.39, 0.29) is 22.8 Å². The second kappa shape index (κ2) is 18.1. The van der Waals surface area contributed by atoms with E-state index in [4.69, 9.17) is 0 Å². The largest absolute Gasteiger partial charge is 0.435 e. The van der Waals surface area contributed by atoms with Crippen LogP contribution in [0.25, 0.3) is 43.0 Å². The van der Waals surface area contributed by atoms with Crippen LogP contribution in [-0.4, -0.2) is 25.4 Å². The number of H-pyrrole nitrogens is 2. The van der Waals surface area contributed by atoms with Crippen molar-refractivity contribution >= 4 is 22.7 Å². The smallest absolute Gasteiger partial charge is 0.276 e. The number of alkyl halides is 6. The van der Waals surface area contributed by atoms with Gasteiger partial charge in [0, 0.05) is 19.5 Å². The molecule has 5 aromatic rings. The van der Waals surface area contributed by atoms with Gasteiger partial charge < -0.3 is 0 Å². The number of hydrogen-bond acceptors (Lipinski definition) is 5. The Bertz CT molecular complexity index is 1790. The molecule has 0 spiro atoms. The van der Waals surface area contributed by atoms with Crippen LogP contribution in [-0.2, 0) is 31.6 Å². The van der Waals surface area contributed by atoms with Crippen molar-refractivity contribution in [1.29, 1.82) is 0 Å². The highest BCUT2D eigenvalue weighted by Crippen LogP contribution is 2.45. The van der Waals surface area contributed by atoms with E-state index in [0.29, 0.717) is 5.56 Å². The van der Waals surface area contributed by atoms with Crippen molar-refractivity contribution in [3.05, 3.63) is 63.8 Å². The lowest BCUT2D eigenvalue weighted by Crippen LogP contribution is -2.04. The Labute approximate surface area is 309 Å². The summed E-state index contributed by atoms with van der Waals surface area (Å²) in [7, 11) is 0. The molecule has 5 aromatic heterocycles. The molecule has 0 aliphatic heterocycles. The van der Waals surface area contributed by atoms with Crippen LogP contribution in [0.4, 0.5) is 26.3 Å². The molecular formula is C39H47F6N5S2. The lowest BCUT2D eigenvalue weighted by Gasteiger charge is -2.09. The molecule has 0 amide bonds. The van der Waals surface area contributed by atoms with Crippen LogP contribution in [0.2, 0.25) is 0 Å². The van der Waals surface area contributed by atoms with Crippen molar-refractivity contribution in [2.24, 2.45) is 0 Å². The molecule has 0 unspecified atom stereocenters. The molecule has 0 atom stereocenters. The van der Waals surface area contributed by atoms with Gasteiger partial charge in [-0.2, -0.15) is 36.5 Å². The van der Waals surface area contributed by atoms with E-state index in [1.54, 1.807) is 23.5 Å². The van der Waals surface area contributed by atoms with E-state index >= 15 is 0 Å². The zero-order valence-electron chi connectivity index (χ0n) is 30.0. The Hall–Kier alpha value is -3.45. The van der Waals surface area contributed by atoms with Crippen molar-refractivity contribution in [1.82, 2.24) is 25.4 Å². The minimum Gasteiger partial charge on any atom is -0.276 e. The fourth-order valence-electron chi connectivity index (χ4n) is 6.32. The number of thiophene rings is 2. The fourth-order valence-corrected chi connectivity index (χ4v) is 8.90. The molecule has 5 rings (SSSR count). The van der Waals surface area contributed by atoms with Crippen molar-refractivity contribution in [2.75, 3.05) is 0 Å². The molecule has 0 saturated heterocycles. The minimum absolute atomic E-state index is 0.00703. The van der Waals surface area contributed by atoms with Gasteiger partial charge in [-0.15, -0.1) is 22.7 Å². The van der Waals surface area contributed by atoms with Gasteiger partial charge in [-0.3, -0.25) is 10.2 Å². The number of aromatic amines is 2. The normalized spacial score (nSPS) is 12.3. The maximum absolute atomic E-state index is 13.5. The highest BCUT2D eigenvalue weighted by atomic mass is 32.1. The monoisotopic (exact) mass is 763 g/mol.